The van der Waals surface area contributed by atoms with E-state index in [1.165, 1.54) is 12.1 Å². The van der Waals surface area contributed by atoms with Gasteiger partial charge in [0.25, 0.3) is 0 Å². The second kappa shape index (κ2) is 6.13. The Bertz CT molecular complexity index is 436. The zero-order chi connectivity index (χ0) is 13.0. The molecule has 1 aromatic rings. The summed E-state index contributed by atoms with van der Waals surface area (Å²) < 4.78 is 18.9. The van der Waals surface area contributed by atoms with Crippen molar-refractivity contribution in [2.45, 2.75) is 12.5 Å². The quantitative estimate of drug-likeness (QED) is 0.882. The number of morpholine rings is 1. The molecule has 18 heavy (non-hydrogen) atoms. The summed E-state index contributed by atoms with van der Waals surface area (Å²) in [5.74, 6) is -0.903. The van der Waals surface area contributed by atoms with Crippen LogP contribution in [0.25, 0.3) is 0 Å². The number of halogens is 2. The smallest absolute Gasteiger partial charge is 0.227 e. The van der Waals surface area contributed by atoms with Crippen molar-refractivity contribution in [2.24, 2.45) is 0 Å². The van der Waals surface area contributed by atoms with Crippen LogP contribution in [-0.2, 0) is 9.53 Å². The van der Waals surface area contributed by atoms with E-state index in [0.29, 0.717) is 13.2 Å². The molecule has 1 aromatic carbocycles. The van der Waals surface area contributed by atoms with Gasteiger partial charge in [-0.1, -0.05) is 17.7 Å². The van der Waals surface area contributed by atoms with E-state index in [-0.39, 0.29) is 29.1 Å². The number of amides is 1. The molecule has 0 aromatic heterocycles. The Kier molecular flexibility index (Phi) is 4.52. The first-order chi connectivity index (χ1) is 8.66. The van der Waals surface area contributed by atoms with Crippen molar-refractivity contribution in [3.05, 3.63) is 29.0 Å². The molecule has 2 N–H and O–H groups in total. The molecule has 0 bridgehead atoms. The lowest BCUT2D eigenvalue weighted by Crippen LogP contribution is -2.40. The van der Waals surface area contributed by atoms with Crippen molar-refractivity contribution in [1.29, 1.82) is 0 Å². The summed E-state index contributed by atoms with van der Waals surface area (Å²) in [6.07, 6.45) is 0.0277. The Morgan fingerprint density at radius 3 is 3.17 bits per heavy atom. The third-order valence-electron chi connectivity index (χ3n) is 2.64. The van der Waals surface area contributed by atoms with Crippen LogP contribution in [0, 0.1) is 5.82 Å². The van der Waals surface area contributed by atoms with E-state index in [0.717, 1.165) is 6.54 Å². The van der Waals surface area contributed by atoms with E-state index < -0.39 is 5.82 Å². The Hall–Kier alpha value is -1.17. The van der Waals surface area contributed by atoms with E-state index in [2.05, 4.69) is 10.6 Å². The van der Waals surface area contributed by atoms with Gasteiger partial charge in [-0.15, -0.1) is 0 Å². The van der Waals surface area contributed by atoms with Gasteiger partial charge in [-0.25, -0.2) is 4.39 Å². The third-order valence-corrected chi connectivity index (χ3v) is 2.94. The molecule has 1 saturated heterocycles. The average molecular weight is 273 g/mol. The van der Waals surface area contributed by atoms with Crippen LogP contribution in [0.15, 0.2) is 18.2 Å². The van der Waals surface area contributed by atoms with E-state index in [1.54, 1.807) is 6.07 Å². The minimum Gasteiger partial charge on any atom is -0.375 e. The number of ether oxygens (including phenoxy) is 1. The largest absolute Gasteiger partial charge is 0.375 e. The summed E-state index contributed by atoms with van der Waals surface area (Å²) >= 11 is 5.63. The standard InChI is InChI=1S/C12H14ClFN2O2/c13-9-2-1-3-10(12(9)14)16-11(17)6-8-7-15-4-5-18-8/h1-3,8,15H,4-7H2,(H,16,17). The van der Waals surface area contributed by atoms with Crippen molar-refractivity contribution in [2.75, 3.05) is 25.0 Å². The first-order valence-electron chi connectivity index (χ1n) is 5.73. The number of anilines is 1. The summed E-state index contributed by atoms with van der Waals surface area (Å²) in [7, 11) is 0. The van der Waals surface area contributed by atoms with E-state index in [9.17, 15) is 9.18 Å². The predicted octanol–water partition coefficient (Wildman–Crippen LogP) is 1.80. The fourth-order valence-corrected chi connectivity index (χ4v) is 1.93. The maximum Gasteiger partial charge on any atom is 0.227 e. The van der Waals surface area contributed by atoms with Gasteiger partial charge < -0.3 is 15.4 Å². The zero-order valence-corrected chi connectivity index (χ0v) is 10.5. The zero-order valence-electron chi connectivity index (χ0n) is 9.71. The van der Waals surface area contributed by atoms with Crippen LogP contribution in [0.5, 0.6) is 0 Å². The van der Waals surface area contributed by atoms with Crippen LogP contribution in [-0.4, -0.2) is 31.7 Å². The van der Waals surface area contributed by atoms with Gasteiger partial charge in [0.2, 0.25) is 5.91 Å². The highest BCUT2D eigenvalue weighted by molar-refractivity contribution is 6.31. The monoisotopic (exact) mass is 272 g/mol. The lowest BCUT2D eigenvalue weighted by Gasteiger charge is -2.23. The molecular weight excluding hydrogens is 259 g/mol. The fourth-order valence-electron chi connectivity index (χ4n) is 1.76. The first kappa shape index (κ1) is 13.3. The minimum absolute atomic E-state index is 0.0108. The number of rotatable bonds is 3. The van der Waals surface area contributed by atoms with Gasteiger partial charge in [0.05, 0.1) is 29.8 Å². The molecule has 98 valence electrons. The first-order valence-corrected chi connectivity index (χ1v) is 6.11. The topological polar surface area (TPSA) is 50.4 Å². The molecule has 1 amide bonds. The van der Waals surface area contributed by atoms with Gasteiger partial charge >= 0.3 is 0 Å². The molecule has 1 aliphatic rings. The van der Waals surface area contributed by atoms with Crippen LogP contribution >= 0.6 is 11.6 Å². The van der Waals surface area contributed by atoms with Crippen molar-refractivity contribution in [1.82, 2.24) is 5.32 Å². The van der Waals surface area contributed by atoms with Crippen molar-refractivity contribution in [3.8, 4) is 0 Å². The second-order valence-corrected chi connectivity index (χ2v) is 4.46. The summed E-state index contributed by atoms with van der Waals surface area (Å²) in [6, 6.07) is 4.49. The lowest BCUT2D eigenvalue weighted by atomic mass is 10.2. The summed E-state index contributed by atoms with van der Waals surface area (Å²) in [6.45, 7) is 2.01. The van der Waals surface area contributed by atoms with Crippen LogP contribution in [0.3, 0.4) is 0 Å². The number of carbonyl (C=O) groups excluding carboxylic acids is 1. The molecule has 0 saturated carbocycles. The molecule has 1 atom stereocenters. The summed E-state index contributed by atoms with van der Waals surface area (Å²) in [5, 5.41) is 5.61. The Morgan fingerprint density at radius 2 is 2.44 bits per heavy atom. The normalized spacial score (nSPS) is 19.6. The van der Waals surface area contributed by atoms with Crippen LogP contribution in [0.2, 0.25) is 5.02 Å². The maximum atomic E-state index is 13.6. The second-order valence-electron chi connectivity index (χ2n) is 4.05. The predicted molar refractivity (Wildman–Crippen MR) is 67.3 cm³/mol. The number of carbonyl (C=O) groups is 1. The highest BCUT2D eigenvalue weighted by atomic mass is 35.5. The molecule has 6 heteroatoms. The molecule has 0 aliphatic carbocycles. The fraction of sp³-hybridized carbons (Fsp3) is 0.417. The minimum atomic E-state index is -0.616. The van der Waals surface area contributed by atoms with Crippen molar-refractivity contribution >= 4 is 23.2 Å². The number of benzene rings is 1. The molecule has 0 radical (unpaired) electrons. The average Bonchev–Trinajstić information content (AvgIpc) is 2.36. The van der Waals surface area contributed by atoms with Gasteiger partial charge in [-0.3, -0.25) is 4.79 Å². The molecule has 0 spiro atoms. The van der Waals surface area contributed by atoms with Gasteiger partial charge in [0, 0.05) is 13.1 Å². The Balaban J connectivity index is 1.92. The molecule has 1 aliphatic heterocycles. The van der Waals surface area contributed by atoms with Gasteiger partial charge in [0.15, 0.2) is 5.82 Å². The van der Waals surface area contributed by atoms with Gasteiger partial charge in [0.1, 0.15) is 0 Å². The van der Waals surface area contributed by atoms with Gasteiger partial charge in [-0.05, 0) is 12.1 Å². The molecule has 2 rings (SSSR count). The molecule has 1 fully saturated rings. The van der Waals surface area contributed by atoms with Crippen molar-refractivity contribution in [3.63, 3.8) is 0 Å². The van der Waals surface area contributed by atoms with Crippen LogP contribution in [0.1, 0.15) is 6.42 Å². The Morgan fingerprint density at radius 1 is 1.61 bits per heavy atom. The number of nitrogens with one attached hydrogen (secondary N) is 2. The lowest BCUT2D eigenvalue weighted by molar-refractivity contribution is -0.119. The number of hydrogen-bond acceptors (Lipinski definition) is 3. The molecule has 4 nitrogen and oxygen atoms in total. The van der Waals surface area contributed by atoms with Crippen LogP contribution < -0.4 is 10.6 Å². The highest BCUT2D eigenvalue weighted by Crippen LogP contribution is 2.22. The molecule has 1 unspecified atom stereocenters. The SMILES string of the molecule is O=C(CC1CNCCO1)Nc1cccc(Cl)c1F. The highest BCUT2D eigenvalue weighted by Gasteiger charge is 2.18. The summed E-state index contributed by atoms with van der Waals surface area (Å²) in [4.78, 5) is 11.7. The maximum absolute atomic E-state index is 13.6. The molecule has 1 heterocycles. The number of hydrogen-bond donors (Lipinski definition) is 2. The van der Waals surface area contributed by atoms with Crippen molar-refractivity contribution < 1.29 is 13.9 Å². The van der Waals surface area contributed by atoms with Crippen LogP contribution in [0.4, 0.5) is 10.1 Å². The summed E-state index contributed by atoms with van der Waals surface area (Å²) in [5.41, 5.74) is 0.0938. The van der Waals surface area contributed by atoms with E-state index in [1.807, 2.05) is 0 Å². The van der Waals surface area contributed by atoms with E-state index in [4.69, 9.17) is 16.3 Å². The van der Waals surface area contributed by atoms with Gasteiger partial charge in [-0.2, -0.15) is 0 Å². The van der Waals surface area contributed by atoms with E-state index >= 15 is 0 Å². The Labute approximate surface area is 109 Å². The molecular formula is C12H14ClFN2O2. The third kappa shape index (κ3) is 3.41.